The Kier molecular flexibility index (Phi) is 12.0. The third-order valence-corrected chi connectivity index (χ3v) is 7.90. The number of halogens is 2. The standard InChI is InChI=1S/C35H34Cl2N2O3/c36-31(33(40)29(21-25-13-5-1-6-14-25)38-23-27-17-9-3-10-18-27)35(42)32(37)34(41)30(22-26-15-7-2-8-16-26)39-24-28-19-11-4-12-20-28/h1-20,29-32,38-39H,21-24H2/t29-,30-,31?,32?/m0/s1. The van der Waals surface area contributed by atoms with E-state index >= 15 is 0 Å². The quantitative estimate of drug-likeness (QED) is 0.127. The van der Waals surface area contributed by atoms with Crippen LogP contribution in [0.5, 0.6) is 0 Å². The second-order valence-electron chi connectivity index (χ2n) is 10.1. The van der Waals surface area contributed by atoms with E-state index in [4.69, 9.17) is 23.2 Å². The third kappa shape index (κ3) is 9.20. The first-order chi connectivity index (χ1) is 20.4. The van der Waals surface area contributed by atoms with Crippen molar-refractivity contribution in [3.63, 3.8) is 0 Å². The molecule has 4 atom stereocenters. The van der Waals surface area contributed by atoms with E-state index in [1.807, 2.05) is 121 Å². The summed E-state index contributed by atoms with van der Waals surface area (Å²) in [5.74, 6) is -1.85. The lowest BCUT2D eigenvalue weighted by Crippen LogP contribution is -2.50. The summed E-state index contributed by atoms with van der Waals surface area (Å²) in [6.45, 7) is 0.821. The second kappa shape index (κ2) is 16.1. The van der Waals surface area contributed by atoms with Crippen molar-refractivity contribution in [3.8, 4) is 0 Å². The fourth-order valence-corrected chi connectivity index (χ4v) is 5.30. The zero-order valence-electron chi connectivity index (χ0n) is 23.2. The molecule has 0 saturated heterocycles. The van der Waals surface area contributed by atoms with Gasteiger partial charge < -0.3 is 10.6 Å². The molecule has 42 heavy (non-hydrogen) atoms. The average molecular weight is 602 g/mol. The van der Waals surface area contributed by atoms with E-state index in [1.165, 1.54) is 0 Å². The van der Waals surface area contributed by atoms with E-state index in [2.05, 4.69) is 10.6 Å². The molecule has 5 nitrogen and oxygen atoms in total. The molecular formula is C35H34Cl2N2O3. The van der Waals surface area contributed by atoms with Crippen molar-refractivity contribution in [2.24, 2.45) is 0 Å². The SMILES string of the molecule is O=C(C(Cl)C(=O)[C@H](Cc1ccccc1)NCc1ccccc1)C(Cl)C(=O)[C@H](Cc1ccccc1)NCc1ccccc1. The van der Waals surface area contributed by atoms with E-state index < -0.39 is 40.2 Å². The van der Waals surface area contributed by atoms with Gasteiger partial charge in [0.1, 0.15) is 0 Å². The molecule has 4 aromatic carbocycles. The molecule has 4 rings (SSSR count). The van der Waals surface area contributed by atoms with Crippen LogP contribution in [0.1, 0.15) is 22.3 Å². The highest BCUT2D eigenvalue weighted by atomic mass is 35.5. The maximum atomic E-state index is 13.6. The number of carbonyl (C=O) groups is 3. The van der Waals surface area contributed by atoms with Crippen LogP contribution in [0.3, 0.4) is 0 Å². The molecule has 0 bridgehead atoms. The Morgan fingerprint density at radius 2 is 0.738 bits per heavy atom. The number of ketones is 3. The lowest BCUT2D eigenvalue weighted by molar-refractivity contribution is -0.130. The van der Waals surface area contributed by atoms with Crippen molar-refractivity contribution in [3.05, 3.63) is 144 Å². The predicted octanol–water partition coefficient (Wildman–Crippen LogP) is 5.71. The molecule has 4 aromatic rings. The molecule has 0 fully saturated rings. The van der Waals surface area contributed by atoms with E-state index in [-0.39, 0.29) is 0 Å². The first-order valence-electron chi connectivity index (χ1n) is 13.9. The highest BCUT2D eigenvalue weighted by Gasteiger charge is 2.39. The molecular weight excluding hydrogens is 567 g/mol. The average Bonchev–Trinajstić information content (AvgIpc) is 3.05. The number of hydrogen-bond donors (Lipinski definition) is 2. The Balaban J connectivity index is 1.48. The summed E-state index contributed by atoms with van der Waals surface area (Å²) >= 11 is 13.0. The topological polar surface area (TPSA) is 75.3 Å². The number of rotatable bonds is 16. The molecule has 0 saturated carbocycles. The largest absolute Gasteiger partial charge is 0.303 e. The molecule has 2 unspecified atom stereocenters. The van der Waals surface area contributed by atoms with E-state index in [9.17, 15) is 14.4 Å². The molecule has 0 heterocycles. The van der Waals surface area contributed by atoms with Gasteiger partial charge in [-0.05, 0) is 35.1 Å². The van der Waals surface area contributed by atoms with Gasteiger partial charge in [0.05, 0.1) is 12.1 Å². The minimum Gasteiger partial charge on any atom is -0.303 e. The number of carbonyl (C=O) groups excluding carboxylic acids is 3. The molecule has 0 aliphatic carbocycles. The van der Waals surface area contributed by atoms with Gasteiger partial charge in [-0.1, -0.05) is 121 Å². The summed E-state index contributed by atoms with van der Waals surface area (Å²) in [7, 11) is 0. The fourth-order valence-electron chi connectivity index (χ4n) is 4.68. The number of hydrogen-bond acceptors (Lipinski definition) is 5. The van der Waals surface area contributed by atoms with Crippen LogP contribution in [0.25, 0.3) is 0 Å². The van der Waals surface area contributed by atoms with Crippen LogP contribution in [0, 0.1) is 0 Å². The minimum atomic E-state index is -1.58. The summed E-state index contributed by atoms with van der Waals surface area (Å²) in [6, 6.07) is 36.8. The third-order valence-electron chi connectivity index (χ3n) is 7.04. The summed E-state index contributed by atoms with van der Waals surface area (Å²) in [5.41, 5.74) is 3.80. The Bertz CT molecular complexity index is 1310. The van der Waals surface area contributed by atoms with Crippen LogP contribution in [0.15, 0.2) is 121 Å². The smallest absolute Gasteiger partial charge is 0.183 e. The maximum Gasteiger partial charge on any atom is 0.183 e. The molecule has 0 spiro atoms. The van der Waals surface area contributed by atoms with Crippen LogP contribution in [0.4, 0.5) is 0 Å². The lowest BCUT2D eigenvalue weighted by Gasteiger charge is -2.23. The Hall–Kier alpha value is -3.61. The van der Waals surface area contributed by atoms with Gasteiger partial charge in [-0.25, -0.2) is 0 Å². The van der Waals surface area contributed by atoms with Gasteiger partial charge in [0.2, 0.25) is 0 Å². The van der Waals surface area contributed by atoms with Crippen molar-refractivity contribution >= 4 is 40.6 Å². The molecule has 0 aliphatic rings. The van der Waals surface area contributed by atoms with Crippen molar-refractivity contribution in [2.45, 2.75) is 48.8 Å². The highest BCUT2D eigenvalue weighted by Crippen LogP contribution is 2.17. The molecule has 0 aromatic heterocycles. The zero-order chi connectivity index (χ0) is 29.7. The van der Waals surface area contributed by atoms with Gasteiger partial charge in [0.15, 0.2) is 28.1 Å². The Morgan fingerprint density at radius 3 is 1.05 bits per heavy atom. The van der Waals surface area contributed by atoms with Crippen molar-refractivity contribution in [1.82, 2.24) is 10.6 Å². The van der Waals surface area contributed by atoms with Crippen molar-refractivity contribution in [2.75, 3.05) is 0 Å². The van der Waals surface area contributed by atoms with Crippen molar-refractivity contribution < 1.29 is 14.4 Å². The van der Waals surface area contributed by atoms with E-state index in [1.54, 1.807) is 0 Å². The summed E-state index contributed by atoms with van der Waals surface area (Å²) < 4.78 is 0. The zero-order valence-corrected chi connectivity index (χ0v) is 24.7. The molecule has 0 amide bonds. The van der Waals surface area contributed by atoms with Crippen LogP contribution >= 0.6 is 23.2 Å². The summed E-state index contributed by atoms with van der Waals surface area (Å²) in [6.07, 6.45) is 0.665. The first-order valence-corrected chi connectivity index (χ1v) is 14.8. The fraction of sp³-hybridized carbons (Fsp3) is 0.229. The predicted molar refractivity (Wildman–Crippen MR) is 169 cm³/mol. The molecule has 0 aliphatic heterocycles. The van der Waals surface area contributed by atoms with Gasteiger partial charge >= 0.3 is 0 Å². The normalized spacial score (nSPS) is 14.0. The van der Waals surface area contributed by atoms with Gasteiger partial charge in [0.25, 0.3) is 0 Å². The number of nitrogens with one attached hydrogen (secondary N) is 2. The number of Topliss-reactive ketones (excluding diaryl/α,β-unsaturated/α-hetero) is 3. The summed E-state index contributed by atoms with van der Waals surface area (Å²) in [5, 5.41) is 3.34. The Labute approximate surface area is 257 Å². The van der Waals surface area contributed by atoms with Crippen molar-refractivity contribution in [1.29, 1.82) is 0 Å². The number of benzene rings is 4. The van der Waals surface area contributed by atoms with Crippen LogP contribution in [-0.4, -0.2) is 40.2 Å². The van der Waals surface area contributed by atoms with E-state index in [0.717, 1.165) is 22.3 Å². The lowest BCUT2D eigenvalue weighted by atomic mass is 9.94. The number of alkyl halides is 2. The summed E-state index contributed by atoms with van der Waals surface area (Å²) in [4.78, 5) is 40.6. The Morgan fingerprint density at radius 1 is 0.452 bits per heavy atom. The second-order valence-corrected chi connectivity index (χ2v) is 11.0. The monoisotopic (exact) mass is 600 g/mol. The van der Waals surface area contributed by atoms with Gasteiger partial charge in [-0.3, -0.25) is 14.4 Å². The van der Waals surface area contributed by atoms with E-state index in [0.29, 0.717) is 25.9 Å². The molecule has 216 valence electrons. The minimum absolute atomic E-state index is 0.333. The molecule has 7 heteroatoms. The van der Waals surface area contributed by atoms with Gasteiger partial charge in [-0.15, -0.1) is 23.2 Å². The molecule has 2 N–H and O–H groups in total. The van der Waals surface area contributed by atoms with Gasteiger partial charge in [-0.2, -0.15) is 0 Å². The van der Waals surface area contributed by atoms with Crippen LogP contribution < -0.4 is 10.6 Å². The van der Waals surface area contributed by atoms with Crippen LogP contribution in [0.2, 0.25) is 0 Å². The maximum absolute atomic E-state index is 13.6. The van der Waals surface area contributed by atoms with Gasteiger partial charge in [0, 0.05) is 13.1 Å². The molecule has 0 radical (unpaired) electrons. The van der Waals surface area contributed by atoms with Crippen LogP contribution in [-0.2, 0) is 40.3 Å². The first kappa shape index (κ1) is 31.3. The highest BCUT2D eigenvalue weighted by molar-refractivity contribution is 6.52.